The summed E-state index contributed by atoms with van der Waals surface area (Å²) in [6.07, 6.45) is 3.21. The standard InChI is InChI=1S/C15H13ClN4O2/c16-9-3-4-10-12(8-9)18-14(17-10)13-2-1-6-20(13)15(21)11-5-7-22-19-11/h3-5,7-8,13H,1-2,6H2,(H,17,18)/t13-/m0/s1. The monoisotopic (exact) mass is 316 g/mol. The van der Waals surface area contributed by atoms with Crippen molar-refractivity contribution >= 4 is 28.5 Å². The molecule has 3 heterocycles. The van der Waals surface area contributed by atoms with E-state index < -0.39 is 0 Å². The lowest BCUT2D eigenvalue weighted by molar-refractivity contribution is 0.0720. The molecule has 1 atom stereocenters. The zero-order valence-electron chi connectivity index (χ0n) is 11.6. The summed E-state index contributed by atoms with van der Waals surface area (Å²) in [7, 11) is 0. The van der Waals surface area contributed by atoms with E-state index in [9.17, 15) is 4.79 Å². The van der Waals surface area contributed by atoms with Gasteiger partial charge < -0.3 is 14.4 Å². The molecule has 2 aromatic heterocycles. The second-order valence-corrected chi connectivity index (χ2v) is 5.76. The van der Waals surface area contributed by atoms with Crippen LogP contribution in [0.4, 0.5) is 0 Å². The number of hydrogen-bond donors (Lipinski definition) is 1. The molecule has 22 heavy (non-hydrogen) atoms. The van der Waals surface area contributed by atoms with Crippen LogP contribution in [-0.2, 0) is 0 Å². The van der Waals surface area contributed by atoms with Crippen molar-refractivity contribution in [3.63, 3.8) is 0 Å². The number of imidazole rings is 1. The highest BCUT2D eigenvalue weighted by atomic mass is 35.5. The number of aromatic nitrogens is 3. The lowest BCUT2D eigenvalue weighted by atomic mass is 10.2. The summed E-state index contributed by atoms with van der Waals surface area (Å²) < 4.78 is 4.76. The smallest absolute Gasteiger partial charge is 0.276 e. The average Bonchev–Trinajstić information content (AvgIpc) is 3.24. The number of amides is 1. The lowest BCUT2D eigenvalue weighted by Gasteiger charge is -2.21. The number of H-pyrrole nitrogens is 1. The number of benzene rings is 1. The van der Waals surface area contributed by atoms with Crippen LogP contribution in [0, 0.1) is 0 Å². The van der Waals surface area contributed by atoms with E-state index in [1.165, 1.54) is 6.26 Å². The molecule has 1 N–H and O–H groups in total. The second kappa shape index (κ2) is 5.14. The molecule has 0 aliphatic carbocycles. The molecule has 4 rings (SSSR count). The van der Waals surface area contributed by atoms with Gasteiger partial charge >= 0.3 is 0 Å². The largest absolute Gasteiger partial charge is 0.364 e. The van der Waals surface area contributed by atoms with Crippen molar-refractivity contribution in [1.29, 1.82) is 0 Å². The van der Waals surface area contributed by atoms with Crippen LogP contribution in [-0.4, -0.2) is 32.5 Å². The van der Waals surface area contributed by atoms with E-state index in [1.807, 2.05) is 18.2 Å². The first-order valence-electron chi connectivity index (χ1n) is 7.09. The molecule has 0 spiro atoms. The summed E-state index contributed by atoms with van der Waals surface area (Å²) in [5.74, 6) is 0.654. The second-order valence-electron chi connectivity index (χ2n) is 5.32. The number of nitrogens with one attached hydrogen (secondary N) is 1. The van der Waals surface area contributed by atoms with Crippen molar-refractivity contribution in [3.05, 3.63) is 47.1 Å². The topological polar surface area (TPSA) is 75.0 Å². The summed E-state index contributed by atoms with van der Waals surface area (Å²) in [6.45, 7) is 0.689. The third-order valence-corrected chi connectivity index (χ3v) is 4.18. The van der Waals surface area contributed by atoms with Gasteiger partial charge in [0.1, 0.15) is 12.1 Å². The first-order chi connectivity index (χ1) is 10.7. The number of aromatic amines is 1. The molecular weight excluding hydrogens is 304 g/mol. The summed E-state index contributed by atoms with van der Waals surface area (Å²) in [5, 5.41) is 4.39. The zero-order valence-corrected chi connectivity index (χ0v) is 12.4. The third-order valence-electron chi connectivity index (χ3n) is 3.95. The maximum absolute atomic E-state index is 12.5. The Balaban J connectivity index is 1.68. The number of likely N-dealkylation sites (tertiary alicyclic amines) is 1. The van der Waals surface area contributed by atoms with Crippen molar-refractivity contribution < 1.29 is 9.32 Å². The number of fused-ring (bicyclic) bond motifs is 1. The van der Waals surface area contributed by atoms with Crippen molar-refractivity contribution in [2.45, 2.75) is 18.9 Å². The Bertz CT molecular complexity index is 827. The Kier molecular flexibility index (Phi) is 3.11. The molecule has 0 radical (unpaired) electrons. The van der Waals surface area contributed by atoms with E-state index in [2.05, 4.69) is 15.1 Å². The molecule has 3 aromatic rings. The highest BCUT2D eigenvalue weighted by Crippen LogP contribution is 2.32. The fourth-order valence-corrected chi connectivity index (χ4v) is 3.10. The minimum absolute atomic E-state index is 0.0737. The predicted molar refractivity (Wildman–Crippen MR) is 80.6 cm³/mol. The molecule has 112 valence electrons. The zero-order chi connectivity index (χ0) is 15.1. The first-order valence-corrected chi connectivity index (χ1v) is 7.47. The number of carbonyl (C=O) groups excluding carboxylic acids is 1. The van der Waals surface area contributed by atoms with Crippen LogP contribution in [0.3, 0.4) is 0 Å². The number of hydrogen-bond acceptors (Lipinski definition) is 4. The maximum Gasteiger partial charge on any atom is 0.276 e. The van der Waals surface area contributed by atoms with Crippen molar-refractivity contribution in [1.82, 2.24) is 20.0 Å². The van der Waals surface area contributed by atoms with Gasteiger partial charge in [0.05, 0.1) is 17.1 Å². The minimum atomic E-state index is -0.130. The maximum atomic E-state index is 12.5. The molecule has 0 saturated carbocycles. The van der Waals surface area contributed by atoms with Crippen molar-refractivity contribution in [2.24, 2.45) is 0 Å². The SMILES string of the molecule is O=C(c1ccon1)N1CCC[C@H]1c1nc2ccc(Cl)cc2[nH]1. The minimum Gasteiger partial charge on any atom is -0.364 e. The fraction of sp³-hybridized carbons (Fsp3) is 0.267. The van der Waals surface area contributed by atoms with Gasteiger partial charge in [-0.15, -0.1) is 0 Å². The highest BCUT2D eigenvalue weighted by Gasteiger charge is 2.33. The Morgan fingerprint density at radius 1 is 1.41 bits per heavy atom. The molecule has 0 bridgehead atoms. The molecule has 1 saturated heterocycles. The van der Waals surface area contributed by atoms with Crippen LogP contribution in [0.25, 0.3) is 11.0 Å². The molecule has 1 aliphatic rings. The van der Waals surface area contributed by atoms with Gasteiger partial charge in [0.25, 0.3) is 5.91 Å². The van der Waals surface area contributed by atoms with Crippen LogP contribution < -0.4 is 0 Å². The molecule has 1 amide bonds. The Hall–Kier alpha value is -2.34. The van der Waals surface area contributed by atoms with E-state index in [0.29, 0.717) is 17.3 Å². The fourth-order valence-electron chi connectivity index (χ4n) is 2.92. The molecule has 1 aliphatic heterocycles. The average molecular weight is 317 g/mol. The summed E-state index contributed by atoms with van der Waals surface area (Å²) in [6, 6.07) is 7.02. The Morgan fingerprint density at radius 3 is 3.14 bits per heavy atom. The molecular formula is C15H13ClN4O2. The van der Waals surface area contributed by atoms with Crippen LogP contribution in [0.15, 0.2) is 35.1 Å². The van der Waals surface area contributed by atoms with Crippen molar-refractivity contribution in [2.75, 3.05) is 6.54 Å². The van der Waals surface area contributed by atoms with Crippen LogP contribution in [0.2, 0.25) is 5.02 Å². The molecule has 0 unspecified atom stereocenters. The van der Waals surface area contributed by atoms with Gasteiger partial charge in [-0.05, 0) is 31.0 Å². The van der Waals surface area contributed by atoms with Gasteiger partial charge in [0.15, 0.2) is 5.69 Å². The van der Waals surface area contributed by atoms with Gasteiger partial charge in [-0.3, -0.25) is 4.79 Å². The number of nitrogens with zero attached hydrogens (tertiary/aromatic N) is 3. The molecule has 7 heteroatoms. The van der Waals surface area contributed by atoms with Crippen LogP contribution in [0.1, 0.15) is 35.2 Å². The molecule has 1 aromatic carbocycles. The van der Waals surface area contributed by atoms with Gasteiger partial charge in [-0.2, -0.15) is 0 Å². The van der Waals surface area contributed by atoms with E-state index in [1.54, 1.807) is 11.0 Å². The number of halogens is 1. The van der Waals surface area contributed by atoms with Crippen LogP contribution >= 0.6 is 11.6 Å². The van der Waals surface area contributed by atoms with E-state index >= 15 is 0 Å². The summed E-state index contributed by atoms with van der Waals surface area (Å²) in [5.41, 5.74) is 2.05. The molecule has 1 fully saturated rings. The summed E-state index contributed by atoms with van der Waals surface area (Å²) in [4.78, 5) is 22.2. The summed E-state index contributed by atoms with van der Waals surface area (Å²) >= 11 is 6.00. The lowest BCUT2D eigenvalue weighted by Crippen LogP contribution is -2.31. The van der Waals surface area contributed by atoms with E-state index in [4.69, 9.17) is 16.1 Å². The van der Waals surface area contributed by atoms with Crippen molar-refractivity contribution in [3.8, 4) is 0 Å². The number of carbonyl (C=O) groups is 1. The third kappa shape index (κ3) is 2.16. The van der Waals surface area contributed by atoms with E-state index in [-0.39, 0.29) is 11.9 Å². The quantitative estimate of drug-likeness (QED) is 0.788. The van der Waals surface area contributed by atoms with Gasteiger partial charge in [-0.25, -0.2) is 4.98 Å². The highest BCUT2D eigenvalue weighted by molar-refractivity contribution is 6.31. The number of rotatable bonds is 2. The first kappa shape index (κ1) is 13.3. The van der Waals surface area contributed by atoms with Gasteiger partial charge in [0, 0.05) is 17.6 Å². The Labute approximate surface area is 131 Å². The molecule has 6 nitrogen and oxygen atoms in total. The predicted octanol–water partition coefficient (Wildman–Crippen LogP) is 3.18. The van der Waals surface area contributed by atoms with Gasteiger partial charge in [0.2, 0.25) is 0 Å². The Morgan fingerprint density at radius 2 is 2.32 bits per heavy atom. The van der Waals surface area contributed by atoms with Crippen LogP contribution in [0.5, 0.6) is 0 Å². The van der Waals surface area contributed by atoms with Gasteiger partial charge in [-0.1, -0.05) is 16.8 Å². The normalized spacial score (nSPS) is 18.2. The van der Waals surface area contributed by atoms with E-state index in [0.717, 1.165) is 29.7 Å².